The lowest BCUT2D eigenvalue weighted by atomic mass is 9.73. The average Bonchev–Trinajstić information content (AvgIpc) is 2.58. The SMILES string of the molecule is CC(C)[C@H]1CC[C@@H](C)/C(=C/c2ccc(NC(=O)CCC(=O)O)cc2)C1=O. The number of ketones is 1. The Morgan fingerprint density at radius 2 is 1.85 bits per heavy atom. The Balaban J connectivity index is 2.07. The lowest BCUT2D eigenvalue weighted by molar-refractivity contribution is -0.138. The largest absolute Gasteiger partial charge is 0.481 e. The van der Waals surface area contributed by atoms with Crippen molar-refractivity contribution in [2.45, 2.75) is 46.5 Å². The summed E-state index contributed by atoms with van der Waals surface area (Å²) in [6.45, 7) is 6.29. The van der Waals surface area contributed by atoms with Gasteiger partial charge in [-0.2, -0.15) is 0 Å². The molecule has 1 aliphatic rings. The fourth-order valence-electron chi connectivity index (χ4n) is 3.31. The number of carbonyl (C=O) groups excluding carboxylic acids is 2. The lowest BCUT2D eigenvalue weighted by Gasteiger charge is -2.30. The van der Waals surface area contributed by atoms with Gasteiger partial charge in [-0.25, -0.2) is 0 Å². The molecular weight excluding hydrogens is 330 g/mol. The molecule has 0 aliphatic heterocycles. The van der Waals surface area contributed by atoms with Gasteiger partial charge in [0.25, 0.3) is 0 Å². The molecule has 1 fully saturated rings. The van der Waals surface area contributed by atoms with Crippen LogP contribution in [0, 0.1) is 17.8 Å². The van der Waals surface area contributed by atoms with Gasteiger partial charge >= 0.3 is 5.97 Å². The second-order valence-electron chi connectivity index (χ2n) is 7.36. The summed E-state index contributed by atoms with van der Waals surface area (Å²) in [4.78, 5) is 34.9. The number of aliphatic carboxylic acids is 1. The molecule has 0 unspecified atom stereocenters. The molecular formula is C21H27NO4. The fourth-order valence-corrected chi connectivity index (χ4v) is 3.31. The van der Waals surface area contributed by atoms with Gasteiger partial charge in [0.1, 0.15) is 0 Å². The van der Waals surface area contributed by atoms with Gasteiger partial charge in [0.05, 0.1) is 6.42 Å². The molecule has 0 radical (unpaired) electrons. The van der Waals surface area contributed by atoms with Crippen LogP contribution in [0.3, 0.4) is 0 Å². The van der Waals surface area contributed by atoms with Crippen molar-refractivity contribution < 1.29 is 19.5 Å². The first kappa shape index (κ1) is 19.9. The van der Waals surface area contributed by atoms with E-state index in [0.717, 1.165) is 24.0 Å². The number of Topliss-reactive ketones (excluding diaryl/α,β-unsaturated/α-hetero) is 1. The topological polar surface area (TPSA) is 83.5 Å². The van der Waals surface area contributed by atoms with Crippen LogP contribution in [0.5, 0.6) is 0 Å². The third kappa shape index (κ3) is 5.28. The van der Waals surface area contributed by atoms with Gasteiger partial charge in [0.15, 0.2) is 5.78 Å². The molecule has 26 heavy (non-hydrogen) atoms. The normalized spacial score (nSPS) is 21.8. The first-order valence-electron chi connectivity index (χ1n) is 9.15. The summed E-state index contributed by atoms with van der Waals surface area (Å²) in [5.41, 5.74) is 2.42. The summed E-state index contributed by atoms with van der Waals surface area (Å²) in [7, 11) is 0. The van der Waals surface area contributed by atoms with Gasteiger partial charge in [0.2, 0.25) is 5.91 Å². The van der Waals surface area contributed by atoms with Crippen molar-refractivity contribution in [1.82, 2.24) is 0 Å². The number of carboxylic acids is 1. The Morgan fingerprint density at radius 3 is 2.42 bits per heavy atom. The van der Waals surface area contributed by atoms with Crippen molar-refractivity contribution in [1.29, 1.82) is 0 Å². The van der Waals surface area contributed by atoms with Crippen molar-refractivity contribution in [3.63, 3.8) is 0 Å². The number of anilines is 1. The molecule has 1 saturated carbocycles. The number of amides is 1. The van der Waals surface area contributed by atoms with Crippen molar-refractivity contribution in [3.05, 3.63) is 35.4 Å². The zero-order valence-electron chi connectivity index (χ0n) is 15.6. The zero-order valence-corrected chi connectivity index (χ0v) is 15.6. The average molecular weight is 357 g/mol. The van der Waals surface area contributed by atoms with Crippen LogP contribution in [0.25, 0.3) is 6.08 Å². The monoisotopic (exact) mass is 357 g/mol. The third-order valence-corrected chi connectivity index (χ3v) is 4.95. The number of benzene rings is 1. The van der Waals surface area contributed by atoms with Gasteiger partial charge in [-0.1, -0.05) is 32.9 Å². The first-order chi connectivity index (χ1) is 12.3. The van der Waals surface area contributed by atoms with Crippen LogP contribution in [0.1, 0.15) is 52.0 Å². The van der Waals surface area contributed by atoms with Gasteiger partial charge in [-0.15, -0.1) is 0 Å². The summed E-state index contributed by atoms with van der Waals surface area (Å²) in [6.07, 6.45) is 3.70. The molecule has 2 rings (SSSR count). The Kier molecular flexibility index (Phi) is 6.72. The molecule has 1 aromatic carbocycles. The summed E-state index contributed by atoms with van der Waals surface area (Å²) >= 11 is 0. The maximum absolute atomic E-state index is 12.7. The molecule has 0 saturated heterocycles. The minimum atomic E-state index is -0.993. The van der Waals surface area contributed by atoms with E-state index in [-0.39, 0.29) is 36.4 Å². The second-order valence-corrected chi connectivity index (χ2v) is 7.36. The van der Waals surface area contributed by atoms with E-state index in [1.807, 2.05) is 18.2 Å². The Hall–Kier alpha value is -2.43. The van der Waals surface area contributed by atoms with Crippen LogP contribution >= 0.6 is 0 Å². The quantitative estimate of drug-likeness (QED) is 0.749. The molecule has 0 aromatic heterocycles. The fraction of sp³-hybridized carbons (Fsp3) is 0.476. The van der Waals surface area contributed by atoms with Crippen molar-refractivity contribution in [3.8, 4) is 0 Å². The zero-order chi connectivity index (χ0) is 19.3. The van der Waals surface area contributed by atoms with Gasteiger partial charge < -0.3 is 10.4 Å². The smallest absolute Gasteiger partial charge is 0.303 e. The molecule has 2 atom stereocenters. The summed E-state index contributed by atoms with van der Waals surface area (Å²) < 4.78 is 0. The van der Waals surface area contributed by atoms with E-state index in [2.05, 4.69) is 26.1 Å². The van der Waals surface area contributed by atoms with Crippen LogP contribution in [0.2, 0.25) is 0 Å². The molecule has 5 heteroatoms. The molecule has 0 heterocycles. The molecule has 5 nitrogen and oxygen atoms in total. The van der Waals surface area contributed by atoms with E-state index in [9.17, 15) is 14.4 Å². The minimum absolute atomic E-state index is 0.0518. The predicted octanol–water partition coefficient (Wildman–Crippen LogP) is 4.14. The molecule has 1 amide bonds. The molecule has 0 bridgehead atoms. The van der Waals surface area contributed by atoms with E-state index in [0.29, 0.717) is 11.6 Å². The number of nitrogens with one attached hydrogen (secondary N) is 1. The van der Waals surface area contributed by atoms with Crippen LogP contribution < -0.4 is 5.32 Å². The summed E-state index contributed by atoms with van der Waals surface area (Å²) in [6, 6.07) is 7.25. The molecule has 140 valence electrons. The van der Waals surface area contributed by atoms with Crippen LogP contribution in [-0.2, 0) is 14.4 Å². The minimum Gasteiger partial charge on any atom is -0.481 e. The van der Waals surface area contributed by atoms with Gasteiger partial charge in [0, 0.05) is 18.0 Å². The standard InChI is InChI=1S/C21H27NO4/c1-13(2)17-9-4-14(3)18(21(17)26)12-15-5-7-16(8-6-15)22-19(23)10-11-20(24)25/h5-8,12-14,17H,4,9-11H2,1-3H3,(H,22,23)(H,24,25)/b18-12-/t14-,17-/m1/s1. The number of carbonyl (C=O) groups is 3. The Morgan fingerprint density at radius 1 is 1.19 bits per heavy atom. The maximum atomic E-state index is 12.7. The van der Waals surface area contributed by atoms with Crippen LogP contribution in [0.15, 0.2) is 29.8 Å². The van der Waals surface area contributed by atoms with Crippen LogP contribution in [-0.4, -0.2) is 22.8 Å². The predicted molar refractivity (Wildman–Crippen MR) is 102 cm³/mol. The number of carboxylic acid groups (broad SMARTS) is 1. The van der Waals surface area contributed by atoms with Crippen LogP contribution in [0.4, 0.5) is 5.69 Å². The highest BCUT2D eigenvalue weighted by molar-refractivity contribution is 6.02. The van der Waals surface area contributed by atoms with E-state index < -0.39 is 5.97 Å². The van der Waals surface area contributed by atoms with Gasteiger partial charge in [-0.05, 0) is 54.0 Å². The van der Waals surface area contributed by atoms with Crippen molar-refractivity contribution in [2.24, 2.45) is 17.8 Å². The highest BCUT2D eigenvalue weighted by Crippen LogP contribution is 2.35. The Bertz CT molecular complexity index is 703. The second kappa shape index (κ2) is 8.79. The number of rotatable bonds is 6. The lowest BCUT2D eigenvalue weighted by Crippen LogP contribution is -2.30. The van der Waals surface area contributed by atoms with E-state index in [1.54, 1.807) is 12.1 Å². The molecule has 2 N–H and O–H groups in total. The maximum Gasteiger partial charge on any atom is 0.303 e. The van der Waals surface area contributed by atoms with Crippen molar-refractivity contribution in [2.75, 3.05) is 5.32 Å². The summed E-state index contributed by atoms with van der Waals surface area (Å²) in [5.74, 6) is -0.354. The van der Waals surface area contributed by atoms with Crippen molar-refractivity contribution >= 4 is 29.4 Å². The Labute approximate surface area is 154 Å². The number of hydrogen-bond acceptors (Lipinski definition) is 3. The van der Waals surface area contributed by atoms with E-state index in [4.69, 9.17) is 5.11 Å². The highest BCUT2D eigenvalue weighted by Gasteiger charge is 2.32. The van der Waals surface area contributed by atoms with E-state index in [1.165, 1.54) is 0 Å². The number of hydrogen-bond donors (Lipinski definition) is 2. The molecule has 1 aromatic rings. The highest BCUT2D eigenvalue weighted by atomic mass is 16.4. The molecule has 1 aliphatic carbocycles. The summed E-state index contributed by atoms with van der Waals surface area (Å²) in [5, 5.41) is 11.3. The molecule has 0 spiro atoms. The van der Waals surface area contributed by atoms with E-state index >= 15 is 0 Å². The van der Waals surface area contributed by atoms with Gasteiger partial charge in [-0.3, -0.25) is 14.4 Å². The number of allylic oxidation sites excluding steroid dienone is 1. The first-order valence-corrected chi connectivity index (χ1v) is 9.15. The third-order valence-electron chi connectivity index (χ3n) is 4.95.